The summed E-state index contributed by atoms with van der Waals surface area (Å²) in [4.78, 5) is 4.40. The highest BCUT2D eigenvalue weighted by Crippen LogP contribution is 2.23. The van der Waals surface area contributed by atoms with Crippen LogP contribution in [-0.2, 0) is 4.74 Å². The summed E-state index contributed by atoms with van der Waals surface area (Å²) in [6, 6.07) is 10.6. The van der Waals surface area contributed by atoms with Gasteiger partial charge in [-0.15, -0.1) is 0 Å². The van der Waals surface area contributed by atoms with Crippen molar-refractivity contribution in [2.75, 3.05) is 19.8 Å². The molecule has 3 nitrogen and oxygen atoms in total. The molecule has 1 aromatic heterocycles. The van der Waals surface area contributed by atoms with Gasteiger partial charge in [0.15, 0.2) is 0 Å². The molecule has 96 valence electrons. The van der Waals surface area contributed by atoms with E-state index in [0.29, 0.717) is 6.61 Å². The maximum absolute atomic E-state index is 5.57. The van der Waals surface area contributed by atoms with Gasteiger partial charge in [0.1, 0.15) is 0 Å². The highest BCUT2D eigenvalue weighted by molar-refractivity contribution is 5.82. The van der Waals surface area contributed by atoms with E-state index in [9.17, 15) is 0 Å². The summed E-state index contributed by atoms with van der Waals surface area (Å²) >= 11 is 0. The Kier molecular flexibility index (Phi) is 4.67. The van der Waals surface area contributed by atoms with Crippen molar-refractivity contribution in [3.05, 3.63) is 42.1 Å². The molecular formula is C15H20N2O. The van der Waals surface area contributed by atoms with Crippen LogP contribution in [0.2, 0.25) is 0 Å². The summed E-state index contributed by atoms with van der Waals surface area (Å²) in [7, 11) is 0. The van der Waals surface area contributed by atoms with Crippen molar-refractivity contribution in [3.8, 4) is 0 Å². The van der Waals surface area contributed by atoms with E-state index < -0.39 is 0 Å². The van der Waals surface area contributed by atoms with Crippen LogP contribution in [0.25, 0.3) is 10.9 Å². The van der Waals surface area contributed by atoms with E-state index in [1.54, 1.807) is 0 Å². The maximum Gasteiger partial charge on any atom is 0.0705 e. The topological polar surface area (TPSA) is 34.1 Å². The third-order valence-corrected chi connectivity index (χ3v) is 2.99. The van der Waals surface area contributed by atoms with Crippen LogP contribution in [-0.4, -0.2) is 24.7 Å². The average molecular weight is 244 g/mol. The van der Waals surface area contributed by atoms with Gasteiger partial charge < -0.3 is 10.1 Å². The third-order valence-electron chi connectivity index (χ3n) is 2.99. The van der Waals surface area contributed by atoms with Gasteiger partial charge in [0.2, 0.25) is 0 Å². The molecule has 0 aliphatic heterocycles. The first-order valence-electron chi connectivity index (χ1n) is 6.51. The lowest BCUT2D eigenvalue weighted by Gasteiger charge is -2.19. The van der Waals surface area contributed by atoms with Crippen molar-refractivity contribution in [1.82, 2.24) is 10.3 Å². The summed E-state index contributed by atoms with van der Waals surface area (Å²) in [6.45, 7) is 6.49. The van der Waals surface area contributed by atoms with Gasteiger partial charge in [-0.05, 0) is 31.2 Å². The number of aromatic nitrogens is 1. The highest BCUT2D eigenvalue weighted by atomic mass is 16.5. The van der Waals surface area contributed by atoms with Crippen molar-refractivity contribution in [2.45, 2.75) is 19.9 Å². The number of nitrogens with zero attached hydrogens (tertiary/aromatic N) is 1. The van der Waals surface area contributed by atoms with Crippen molar-refractivity contribution in [2.24, 2.45) is 0 Å². The minimum absolute atomic E-state index is 0.225. The average Bonchev–Trinajstić information content (AvgIpc) is 2.43. The maximum atomic E-state index is 5.57. The molecule has 0 aliphatic rings. The standard InChI is InChI=1S/C15H20N2O/c1-3-16-15(11-18-4-2)13-7-5-9-14-12(13)8-6-10-17-14/h5-10,15-16H,3-4,11H2,1-2H3. The first kappa shape index (κ1) is 13.0. The van der Waals surface area contributed by atoms with E-state index in [1.807, 2.05) is 25.3 Å². The molecule has 1 unspecified atom stereocenters. The van der Waals surface area contributed by atoms with Gasteiger partial charge in [0.25, 0.3) is 0 Å². The zero-order valence-corrected chi connectivity index (χ0v) is 11.0. The van der Waals surface area contributed by atoms with Crippen LogP contribution in [0.1, 0.15) is 25.5 Å². The Bertz CT molecular complexity index is 493. The minimum Gasteiger partial charge on any atom is -0.380 e. The number of rotatable bonds is 6. The van der Waals surface area contributed by atoms with Gasteiger partial charge in [0, 0.05) is 18.2 Å². The zero-order chi connectivity index (χ0) is 12.8. The fraction of sp³-hybridized carbons (Fsp3) is 0.400. The molecule has 1 atom stereocenters. The van der Waals surface area contributed by atoms with Crippen molar-refractivity contribution < 1.29 is 4.74 Å². The Morgan fingerprint density at radius 1 is 1.22 bits per heavy atom. The van der Waals surface area contributed by atoms with Crippen molar-refractivity contribution in [1.29, 1.82) is 0 Å². The van der Waals surface area contributed by atoms with Gasteiger partial charge in [-0.2, -0.15) is 0 Å². The van der Waals surface area contributed by atoms with Crippen LogP contribution in [0.3, 0.4) is 0 Å². The van der Waals surface area contributed by atoms with Crippen LogP contribution in [0.5, 0.6) is 0 Å². The van der Waals surface area contributed by atoms with E-state index in [0.717, 1.165) is 18.7 Å². The molecule has 0 saturated carbocycles. The molecule has 0 fully saturated rings. The van der Waals surface area contributed by atoms with Crippen LogP contribution in [0.15, 0.2) is 36.5 Å². The van der Waals surface area contributed by atoms with Gasteiger partial charge in [-0.3, -0.25) is 4.98 Å². The monoisotopic (exact) mass is 244 g/mol. The summed E-state index contributed by atoms with van der Waals surface area (Å²) in [5.41, 5.74) is 2.30. The second-order valence-corrected chi connectivity index (χ2v) is 4.19. The number of pyridine rings is 1. The number of benzene rings is 1. The number of hydrogen-bond acceptors (Lipinski definition) is 3. The van der Waals surface area contributed by atoms with Crippen LogP contribution in [0, 0.1) is 0 Å². The quantitative estimate of drug-likeness (QED) is 0.848. The molecule has 0 saturated heterocycles. The molecule has 2 aromatic rings. The summed E-state index contributed by atoms with van der Waals surface area (Å²) < 4.78 is 5.57. The molecule has 0 bridgehead atoms. The molecule has 2 rings (SSSR count). The Morgan fingerprint density at radius 2 is 2.11 bits per heavy atom. The number of fused-ring (bicyclic) bond motifs is 1. The number of hydrogen-bond donors (Lipinski definition) is 1. The van der Waals surface area contributed by atoms with Gasteiger partial charge in [-0.1, -0.05) is 25.1 Å². The second-order valence-electron chi connectivity index (χ2n) is 4.19. The number of nitrogens with one attached hydrogen (secondary N) is 1. The Balaban J connectivity index is 2.36. The molecule has 1 heterocycles. The van der Waals surface area contributed by atoms with Gasteiger partial charge >= 0.3 is 0 Å². The van der Waals surface area contributed by atoms with Crippen molar-refractivity contribution in [3.63, 3.8) is 0 Å². The van der Waals surface area contributed by atoms with E-state index in [2.05, 4.69) is 35.4 Å². The Hall–Kier alpha value is -1.45. The predicted molar refractivity (Wildman–Crippen MR) is 74.7 cm³/mol. The highest BCUT2D eigenvalue weighted by Gasteiger charge is 2.13. The lowest BCUT2D eigenvalue weighted by Crippen LogP contribution is -2.25. The predicted octanol–water partition coefficient (Wildman–Crippen LogP) is 2.92. The van der Waals surface area contributed by atoms with Crippen LogP contribution >= 0.6 is 0 Å². The molecular weight excluding hydrogens is 224 g/mol. The largest absolute Gasteiger partial charge is 0.380 e. The normalized spacial score (nSPS) is 12.8. The fourth-order valence-corrected chi connectivity index (χ4v) is 2.17. The van der Waals surface area contributed by atoms with E-state index in [4.69, 9.17) is 4.74 Å². The molecule has 1 N–H and O–H groups in total. The first-order chi connectivity index (χ1) is 8.86. The SMILES string of the molecule is CCNC(COCC)c1cccc2ncccc12. The lowest BCUT2D eigenvalue weighted by molar-refractivity contribution is 0.124. The fourth-order valence-electron chi connectivity index (χ4n) is 2.17. The van der Waals surface area contributed by atoms with Gasteiger partial charge in [-0.25, -0.2) is 0 Å². The number of ether oxygens (including phenoxy) is 1. The van der Waals surface area contributed by atoms with E-state index in [1.165, 1.54) is 10.9 Å². The Labute approximate surface area is 108 Å². The summed E-state index contributed by atoms with van der Waals surface area (Å²) in [6.07, 6.45) is 1.83. The lowest BCUT2D eigenvalue weighted by atomic mass is 10.0. The molecule has 0 spiro atoms. The van der Waals surface area contributed by atoms with Crippen LogP contribution < -0.4 is 5.32 Å². The smallest absolute Gasteiger partial charge is 0.0705 e. The molecule has 0 radical (unpaired) electrons. The molecule has 3 heteroatoms. The van der Waals surface area contributed by atoms with E-state index in [-0.39, 0.29) is 6.04 Å². The summed E-state index contributed by atoms with van der Waals surface area (Å²) in [5.74, 6) is 0. The van der Waals surface area contributed by atoms with Crippen LogP contribution in [0.4, 0.5) is 0 Å². The Morgan fingerprint density at radius 3 is 2.89 bits per heavy atom. The van der Waals surface area contributed by atoms with E-state index >= 15 is 0 Å². The molecule has 18 heavy (non-hydrogen) atoms. The first-order valence-corrected chi connectivity index (χ1v) is 6.51. The number of likely N-dealkylation sites (N-methyl/N-ethyl adjacent to an activating group) is 1. The third kappa shape index (κ3) is 2.86. The van der Waals surface area contributed by atoms with Gasteiger partial charge in [0.05, 0.1) is 18.2 Å². The summed E-state index contributed by atoms with van der Waals surface area (Å²) in [5, 5.41) is 4.67. The minimum atomic E-state index is 0.225. The molecule has 1 aromatic carbocycles. The van der Waals surface area contributed by atoms with Crippen molar-refractivity contribution >= 4 is 10.9 Å². The zero-order valence-electron chi connectivity index (χ0n) is 11.0. The molecule has 0 amide bonds. The molecule has 0 aliphatic carbocycles. The second kappa shape index (κ2) is 6.47.